The summed E-state index contributed by atoms with van der Waals surface area (Å²) < 4.78 is 5.00. The van der Waals surface area contributed by atoms with E-state index in [1.165, 1.54) is 0 Å². The molecular formula is C7H7BN2O3. The number of oxazole rings is 1. The number of nitrogen functional groups attached to an aromatic ring is 1. The Balaban J connectivity index is 2.75. The van der Waals surface area contributed by atoms with Crippen LogP contribution >= 0.6 is 0 Å². The summed E-state index contributed by atoms with van der Waals surface area (Å²) in [5, 5.41) is 17.9. The molecular weight excluding hydrogens is 171 g/mol. The van der Waals surface area contributed by atoms with Gasteiger partial charge in [0.25, 0.3) is 6.01 Å². The molecule has 0 unspecified atom stereocenters. The smallest absolute Gasteiger partial charge is 0.424 e. The van der Waals surface area contributed by atoms with Gasteiger partial charge >= 0.3 is 7.12 Å². The molecule has 0 fully saturated rings. The van der Waals surface area contributed by atoms with Crippen LogP contribution in [0.15, 0.2) is 22.6 Å². The maximum Gasteiger partial charge on any atom is 0.490 e. The lowest BCUT2D eigenvalue weighted by atomic mass is 9.79. The molecule has 0 aliphatic heterocycles. The predicted octanol–water partition coefficient (Wildman–Crippen LogP) is -0.910. The highest BCUT2D eigenvalue weighted by molar-refractivity contribution is 6.61. The van der Waals surface area contributed by atoms with Crippen LogP contribution in [0.4, 0.5) is 6.01 Å². The van der Waals surface area contributed by atoms with E-state index in [2.05, 4.69) is 4.98 Å². The van der Waals surface area contributed by atoms with Gasteiger partial charge in [0.05, 0.1) is 0 Å². The van der Waals surface area contributed by atoms with Crippen LogP contribution in [0.3, 0.4) is 0 Å². The van der Waals surface area contributed by atoms with Gasteiger partial charge < -0.3 is 20.2 Å². The number of anilines is 1. The Bertz CT molecular complexity index is 440. The Morgan fingerprint density at radius 1 is 1.38 bits per heavy atom. The molecule has 4 N–H and O–H groups in total. The van der Waals surface area contributed by atoms with Crippen LogP contribution in [0, 0.1) is 0 Å². The summed E-state index contributed by atoms with van der Waals surface area (Å²) in [7, 11) is -1.56. The van der Waals surface area contributed by atoms with Crippen molar-refractivity contribution >= 4 is 29.7 Å². The van der Waals surface area contributed by atoms with Crippen molar-refractivity contribution in [3.05, 3.63) is 18.2 Å². The summed E-state index contributed by atoms with van der Waals surface area (Å²) in [6, 6.07) is 4.87. The number of hydrogen-bond donors (Lipinski definition) is 3. The van der Waals surface area contributed by atoms with Gasteiger partial charge in [-0.1, -0.05) is 12.1 Å². The summed E-state index contributed by atoms with van der Waals surface area (Å²) >= 11 is 0. The molecule has 0 bridgehead atoms. The second-order valence-electron chi connectivity index (χ2n) is 2.62. The lowest BCUT2D eigenvalue weighted by Crippen LogP contribution is -2.30. The summed E-state index contributed by atoms with van der Waals surface area (Å²) in [5.41, 5.74) is 6.44. The van der Waals surface area contributed by atoms with E-state index in [1.54, 1.807) is 18.2 Å². The van der Waals surface area contributed by atoms with Crippen LogP contribution < -0.4 is 11.2 Å². The molecule has 5 nitrogen and oxygen atoms in total. The van der Waals surface area contributed by atoms with Gasteiger partial charge in [0.1, 0.15) is 5.52 Å². The van der Waals surface area contributed by atoms with Gasteiger partial charge in [-0.25, -0.2) is 0 Å². The molecule has 0 saturated heterocycles. The molecule has 6 heteroatoms. The normalized spacial score (nSPS) is 10.6. The van der Waals surface area contributed by atoms with Crippen LogP contribution in [0.2, 0.25) is 0 Å². The molecule has 13 heavy (non-hydrogen) atoms. The third-order valence-corrected chi connectivity index (χ3v) is 1.74. The Kier molecular flexibility index (Phi) is 1.71. The van der Waals surface area contributed by atoms with E-state index in [1.807, 2.05) is 0 Å². The van der Waals surface area contributed by atoms with Crippen molar-refractivity contribution in [3.63, 3.8) is 0 Å². The second-order valence-corrected chi connectivity index (χ2v) is 2.62. The average Bonchev–Trinajstić information content (AvgIpc) is 2.43. The topological polar surface area (TPSA) is 92.5 Å². The molecule has 0 saturated carbocycles. The van der Waals surface area contributed by atoms with Crippen LogP contribution in [0.5, 0.6) is 0 Å². The standard InChI is InChI=1S/C7H7BN2O3/c9-7-10-6-4(8(11)12)2-1-3-5(6)13-7/h1-3,11-12H,(H2,9,10). The average molecular weight is 178 g/mol. The summed E-state index contributed by atoms with van der Waals surface area (Å²) in [6.07, 6.45) is 0. The number of rotatable bonds is 1. The van der Waals surface area contributed by atoms with Crippen LogP contribution in [-0.4, -0.2) is 22.2 Å². The monoisotopic (exact) mass is 178 g/mol. The molecule has 1 aromatic carbocycles. The second kappa shape index (κ2) is 2.76. The van der Waals surface area contributed by atoms with Crippen LogP contribution in [0.25, 0.3) is 11.1 Å². The lowest BCUT2D eigenvalue weighted by Gasteiger charge is -1.97. The zero-order chi connectivity index (χ0) is 9.42. The number of benzene rings is 1. The number of nitrogens with two attached hydrogens (primary N) is 1. The number of aromatic nitrogens is 1. The fourth-order valence-corrected chi connectivity index (χ4v) is 1.20. The highest BCUT2D eigenvalue weighted by Crippen LogP contribution is 2.14. The first-order chi connectivity index (χ1) is 6.18. The first-order valence-corrected chi connectivity index (χ1v) is 3.69. The zero-order valence-corrected chi connectivity index (χ0v) is 6.64. The van der Waals surface area contributed by atoms with Crippen molar-refractivity contribution in [1.29, 1.82) is 0 Å². The molecule has 0 aliphatic rings. The lowest BCUT2D eigenvalue weighted by molar-refractivity contribution is 0.426. The van der Waals surface area contributed by atoms with Gasteiger partial charge in [0.2, 0.25) is 0 Å². The minimum Gasteiger partial charge on any atom is -0.424 e. The molecule has 0 aliphatic carbocycles. The maximum atomic E-state index is 8.96. The zero-order valence-electron chi connectivity index (χ0n) is 6.64. The maximum absolute atomic E-state index is 8.96. The quantitative estimate of drug-likeness (QED) is 0.491. The Hall–Kier alpha value is -1.53. The highest BCUT2D eigenvalue weighted by atomic mass is 16.4. The Morgan fingerprint density at radius 2 is 2.15 bits per heavy atom. The van der Waals surface area contributed by atoms with Gasteiger partial charge in [-0.2, -0.15) is 4.98 Å². The van der Waals surface area contributed by atoms with E-state index >= 15 is 0 Å². The van der Waals surface area contributed by atoms with E-state index in [9.17, 15) is 0 Å². The van der Waals surface area contributed by atoms with E-state index in [0.717, 1.165) is 0 Å². The third kappa shape index (κ3) is 1.26. The van der Waals surface area contributed by atoms with Gasteiger partial charge in [-0.3, -0.25) is 0 Å². The number of hydrogen-bond acceptors (Lipinski definition) is 5. The number of para-hydroxylation sites is 1. The SMILES string of the molecule is Nc1nc2c(B(O)O)cccc2o1. The van der Waals surface area contributed by atoms with E-state index in [-0.39, 0.29) is 11.5 Å². The third-order valence-electron chi connectivity index (χ3n) is 1.74. The molecule has 1 heterocycles. The van der Waals surface area contributed by atoms with Gasteiger partial charge in [-0.05, 0) is 6.07 Å². The molecule has 2 rings (SSSR count). The molecule has 66 valence electrons. The van der Waals surface area contributed by atoms with Crippen molar-refractivity contribution in [2.45, 2.75) is 0 Å². The minimum atomic E-state index is -1.56. The van der Waals surface area contributed by atoms with E-state index in [4.69, 9.17) is 20.2 Å². The van der Waals surface area contributed by atoms with Crippen molar-refractivity contribution < 1.29 is 14.5 Å². The number of fused-ring (bicyclic) bond motifs is 1. The molecule has 0 atom stereocenters. The van der Waals surface area contributed by atoms with Crippen LogP contribution in [-0.2, 0) is 0 Å². The Morgan fingerprint density at radius 3 is 2.85 bits per heavy atom. The Labute approximate surface area is 73.9 Å². The molecule has 0 spiro atoms. The van der Waals surface area contributed by atoms with Crippen LogP contribution in [0.1, 0.15) is 0 Å². The van der Waals surface area contributed by atoms with Gasteiger partial charge in [0.15, 0.2) is 5.58 Å². The molecule has 2 aromatic rings. The first-order valence-electron chi connectivity index (χ1n) is 3.69. The van der Waals surface area contributed by atoms with Crippen molar-refractivity contribution in [2.75, 3.05) is 5.73 Å². The van der Waals surface area contributed by atoms with Gasteiger partial charge in [0, 0.05) is 5.46 Å². The first kappa shape index (κ1) is 8.09. The van der Waals surface area contributed by atoms with E-state index < -0.39 is 7.12 Å². The summed E-state index contributed by atoms with van der Waals surface area (Å²) in [6.45, 7) is 0. The van der Waals surface area contributed by atoms with E-state index in [0.29, 0.717) is 11.1 Å². The van der Waals surface area contributed by atoms with Crippen molar-refractivity contribution in [3.8, 4) is 0 Å². The van der Waals surface area contributed by atoms with Crippen molar-refractivity contribution in [1.82, 2.24) is 4.98 Å². The largest absolute Gasteiger partial charge is 0.490 e. The molecule has 0 amide bonds. The fraction of sp³-hybridized carbons (Fsp3) is 0. The van der Waals surface area contributed by atoms with Crippen molar-refractivity contribution in [2.24, 2.45) is 0 Å². The fourth-order valence-electron chi connectivity index (χ4n) is 1.20. The minimum absolute atomic E-state index is 0.0168. The molecule has 1 aromatic heterocycles. The van der Waals surface area contributed by atoms with Gasteiger partial charge in [-0.15, -0.1) is 0 Å². The predicted molar refractivity (Wildman–Crippen MR) is 48.2 cm³/mol. The highest BCUT2D eigenvalue weighted by Gasteiger charge is 2.17. The summed E-state index contributed by atoms with van der Waals surface area (Å²) in [4.78, 5) is 3.83. The summed E-state index contributed by atoms with van der Waals surface area (Å²) in [5.74, 6) is 0. The number of nitrogens with zero attached hydrogens (tertiary/aromatic N) is 1. The molecule has 0 radical (unpaired) electrons.